The van der Waals surface area contributed by atoms with Crippen LogP contribution in [-0.2, 0) is 4.74 Å². The number of alkyl halides is 1. The van der Waals surface area contributed by atoms with Crippen molar-refractivity contribution in [3.8, 4) is 0 Å². The third kappa shape index (κ3) is 2.51. The quantitative estimate of drug-likeness (QED) is 0.636. The number of nitrogens with zero attached hydrogens (tertiary/aromatic N) is 2. The number of ether oxygens (including phenoxy) is 1. The van der Waals surface area contributed by atoms with Gasteiger partial charge >= 0.3 is 5.69 Å². The molecule has 2 rings (SSSR count). The van der Waals surface area contributed by atoms with E-state index >= 15 is 0 Å². The monoisotopic (exact) mass is 260 g/mol. The highest BCUT2D eigenvalue weighted by atomic mass is 32.2. The maximum atomic E-state index is 13.4. The third-order valence-electron chi connectivity index (χ3n) is 2.67. The van der Waals surface area contributed by atoms with Gasteiger partial charge in [-0.2, -0.15) is 4.98 Å². The molecule has 1 fully saturated rings. The van der Waals surface area contributed by atoms with E-state index < -0.39 is 24.2 Å². The van der Waals surface area contributed by atoms with Crippen LogP contribution in [0.2, 0.25) is 0 Å². The van der Waals surface area contributed by atoms with Gasteiger partial charge in [-0.3, -0.25) is 4.57 Å². The molecule has 0 radical (unpaired) electrons. The van der Waals surface area contributed by atoms with E-state index in [0.717, 1.165) is 0 Å². The molecular weight excluding hydrogens is 247 g/mol. The lowest BCUT2D eigenvalue weighted by molar-refractivity contribution is -0.0356. The van der Waals surface area contributed by atoms with Crippen molar-refractivity contribution in [2.45, 2.75) is 30.0 Å². The first-order valence-corrected chi connectivity index (χ1v) is 6.41. The van der Waals surface area contributed by atoms with Gasteiger partial charge in [-0.25, -0.2) is 9.18 Å². The van der Waals surface area contributed by atoms with Crippen molar-refractivity contribution in [2.24, 2.45) is 0 Å². The van der Waals surface area contributed by atoms with Crippen molar-refractivity contribution in [1.29, 1.82) is 0 Å². The fourth-order valence-electron chi connectivity index (χ4n) is 1.75. The summed E-state index contributed by atoms with van der Waals surface area (Å²) in [4.78, 5) is 15.5. The number of aromatic nitrogens is 2. The van der Waals surface area contributed by atoms with Crippen molar-refractivity contribution >= 4 is 11.8 Å². The molecule has 0 amide bonds. The predicted octanol–water partition coefficient (Wildman–Crippen LogP) is 0.583. The summed E-state index contributed by atoms with van der Waals surface area (Å²) < 4.78 is 19.9. The Bertz CT molecular complexity index is 453. The third-order valence-corrected chi connectivity index (χ3v) is 3.31. The first-order valence-electron chi connectivity index (χ1n) is 5.19. The lowest BCUT2D eigenvalue weighted by atomic mass is 10.2. The Labute approximate surface area is 102 Å². The molecule has 1 aromatic rings. The van der Waals surface area contributed by atoms with E-state index in [1.165, 1.54) is 22.5 Å². The second-order valence-electron chi connectivity index (χ2n) is 3.72. The Morgan fingerprint density at radius 2 is 2.53 bits per heavy atom. The van der Waals surface area contributed by atoms with Crippen LogP contribution in [-0.4, -0.2) is 39.8 Å². The van der Waals surface area contributed by atoms with Crippen molar-refractivity contribution in [2.75, 3.05) is 12.9 Å². The molecule has 7 heteroatoms. The first-order chi connectivity index (χ1) is 8.15. The van der Waals surface area contributed by atoms with Crippen molar-refractivity contribution < 1.29 is 14.2 Å². The molecule has 0 unspecified atom stereocenters. The van der Waals surface area contributed by atoms with Gasteiger partial charge in [-0.1, -0.05) is 0 Å². The zero-order valence-corrected chi connectivity index (χ0v) is 10.1. The number of hydrogen-bond acceptors (Lipinski definition) is 5. The lowest BCUT2D eigenvalue weighted by Gasteiger charge is -2.13. The number of halogens is 1. The average Bonchev–Trinajstić information content (AvgIpc) is 2.70. The lowest BCUT2D eigenvalue weighted by Crippen LogP contribution is -2.27. The average molecular weight is 260 g/mol. The van der Waals surface area contributed by atoms with E-state index in [0.29, 0.717) is 5.03 Å². The maximum Gasteiger partial charge on any atom is 0.350 e. The number of aliphatic hydroxyl groups excluding tert-OH is 1. The molecule has 0 bridgehead atoms. The molecule has 1 N–H and O–H groups in total. The Morgan fingerprint density at radius 1 is 1.76 bits per heavy atom. The fourth-order valence-corrected chi connectivity index (χ4v) is 2.12. The molecule has 1 saturated heterocycles. The largest absolute Gasteiger partial charge is 0.394 e. The van der Waals surface area contributed by atoms with Crippen LogP contribution in [0.5, 0.6) is 0 Å². The molecule has 5 nitrogen and oxygen atoms in total. The van der Waals surface area contributed by atoms with Crippen LogP contribution >= 0.6 is 11.8 Å². The Kier molecular flexibility index (Phi) is 3.80. The Hall–Kier alpha value is -0.920. The summed E-state index contributed by atoms with van der Waals surface area (Å²) in [7, 11) is 0. The number of hydrogen-bond donors (Lipinski definition) is 1. The molecule has 0 aromatic carbocycles. The minimum atomic E-state index is -1.25. The molecule has 0 saturated carbocycles. The van der Waals surface area contributed by atoms with Crippen LogP contribution in [0, 0.1) is 0 Å². The fraction of sp³-hybridized carbons (Fsp3) is 0.600. The minimum absolute atomic E-state index is 0.0609. The standard InChI is InChI=1S/C10H13FN2O3S/c1-17-8-2-3-13(10(15)12-8)9-4-6(11)7(5-14)16-9/h2-3,6-7,9,14H,4-5H2,1H3/t6-,7+,9+/m1/s1. The van der Waals surface area contributed by atoms with E-state index in [9.17, 15) is 9.18 Å². The van der Waals surface area contributed by atoms with Crippen LogP contribution in [0.4, 0.5) is 4.39 Å². The number of aliphatic hydroxyl groups is 1. The van der Waals surface area contributed by atoms with Gasteiger partial charge in [0.15, 0.2) is 0 Å². The highest BCUT2D eigenvalue weighted by Gasteiger charge is 2.36. The summed E-state index contributed by atoms with van der Waals surface area (Å²) in [5, 5.41) is 9.49. The van der Waals surface area contributed by atoms with E-state index in [4.69, 9.17) is 9.84 Å². The van der Waals surface area contributed by atoms with Crippen LogP contribution < -0.4 is 5.69 Å². The summed E-state index contributed by atoms with van der Waals surface area (Å²) in [6.45, 7) is -0.386. The molecular formula is C10H13FN2O3S. The van der Waals surface area contributed by atoms with Crippen LogP contribution in [0.3, 0.4) is 0 Å². The van der Waals surface area contributed by atoms with Gasteiger partial charge in [-0.05, 0) is 12.3 Å². The van der Waals surface area contributed by atoms with Gasteiger partial charge in [-0.15, -0.1) is 11.8 Å². The summed E-state index contributed by atoms with van der Waals surface area (Å²) in [5.41, 5.74) is -0.465. The van der Waals surface area contributed by atoms with E-state index in [1.54, 1.807) is 6.07 Å². The Morgan fingerprint density at radius 3 is 3.06 bits per heavy atom. The summed E-state index contributed by atoms with van der Waals surface area (Å²) in [5.74, 6) is 0. The van der Waals surface area contributed by atoms with Crippen molar-refractivity contribution in [3.63, 3.8) is 0 Å². The second-order valence-corrected chi connectivity index (χ2v) is 4.55. The van der Waals surface area contributed by atoms with Gasteiger partial charge in [0.25, 0.3) is 0 Å². The van der Waals surface area contributed by atoms with E-state index in [2.05, 4.69) is 4.98 Å². The molecule has 2 heterocycles. The molecule has 17 heavy (non-hydrogen) atoms. The van der Waals surface area contributed by atoms with Gasteiger partial charge in [0.05, 0.1) is 6.61 Å². The molecule has 0 spiro atoms. The van der Waals surface area contributed by atoms with Crippen molar-refractivity contribution in [1.82, 2.24) is 9.55 Å². The van der Waals surface area contributed by atoms with Crippen molar-refractivity contribution in [3.05, 3.63) is 22.7 Å². The van der Waals surface area contributed by atoms with Crippen LogP contribution in [0.25, 0.3) is 0 Å². The van der Waals surface area contributed by atoms with Crippen LogP contribution in [0.1, 0.15) is 12.6 Å². The first kappa shape index (κ1) is 12.5. The molecule has 94 valence electrons. The summed E-state index contributed by atoms with van der Waals surface area (Å²) >= 11 is 1.36. The number of thioether (sulfide) groups is 1. The molecule has 1 aliphatic rings. The highest BCUT2D eigenvalue weighted by molar-refractivity contribution is 7.98. The van der Waals surface area contributed by atoms with E-state index in [-0.39, 0.29) is 13.0 Å². The highest BCUT2D eigenvalue weighted by Crippen LogP contribution is 2.29. The van der Waals surface area contributed by atoms with Gasteiger partial charge in [0, 0.05) is 12.6 Å². The zero-order valence-electron chi connectivity index (χ0n) is 9.25. The molecule has 3 atom stereocenters. The maximum absolute atomic E-state index is 13.4. The Balaban J connectivity index is 2.22. The van der Waals surface area contributed by atoms with Gasteiger partial charge in [0.2, 0.25) is 0 Å². The van der Waals surface area contributed by atoms with Gasteiger partial charge in [0.1, 0.15) is 23.5 Å². The molecule has 1 aliphatic heterocycles. The molecule has 0 aliphatic carbocycles. The SMILES string of the molecule is CSc1ccn([C@@H]2C[C@@H](F)[C@H](CO)O2)c(=O)n1. The zero-order chi connectivity index (χ0) is 12.4. The topological polar surface area (TPSA) is 64.3 Å². The predicted molar refractivity (Wildman–Crippen MR) is 60.8 cm³/mol. The molecule has 1 aromatic heterocycles. The minimum Gasteiger partial charge on any atom is -0.394 e. The van der Waals surface area contributed by atoms with E-state index in [1.807, 2.05) is 6.26 Å². The smallest absolute Gasteiger partial charge is 0.350 e. The van der Waals surface area contributed by atoms with Gasteiger partial charge < -0.3 is 9.84 Å². The summed E-state index contributed by atoms with van der Waals surface area (Å²) in [6, 6.07) is 1.68. The number of rotatable bonds is 3. The summed E-state index contributed by atoms with van der Waals surface area (Å²) in [6.07, 6.45) is 0.628. The second kappa shape index (κ2) is 5.16. The normalized spacial score (nSPS) is 28.5. The van der Waals surface area contributed by atoms with Crippen LogP contribution in [0.15, 0.2) is 22.1 Å².